The summed E-state index contributed by atoms with van der Waals surface area (Å²) in [6.07, 6.45) is -1.21. The molecule has 7 nitrogen and oxygen atoms in total. The Morgan fingerprint density at radius 3 is 2.48 bits per heavy atom. The number of benzene rings is 2. The molecule has 1 amide bonds. The molecule has 148 valence electrons. The number of carbonyl (C=O) groups is 1. The third kappa shape index (κ3) is 4.45. The van der Waals surface area contributed by atoms with Crippen molar-refractivity contribution in [3.05, 3.63) is 70.3 Å². The molecule has 0 bridgehead atoms. The molecule has 1 aromatic heterocycles. The Bertz CT molecular complexity index is 1180. The Hall–Kier alpha value is -3.63. The average Bonchev–Trinajstić information content (AvgIpc) is 2.65. The topological polar surface area (TPSA) is 104 Å². The first kappa shape index (κ1) is 20.1. The number of nitrogens with zero attached hydrogens (tertiary/aromatic N) is 2. The second-order valence-corrected chi connectivity index (χ2v) is 7.13. The molecule has 2 aromatic carbocycles. The molecular weight excluding hydrogens is 370 g/mol. The third-order valence-corrected chi connectivity index (χ3v) is 4.17. The summed E-state index contributed by atoms with van der Waals surface area (Å²) < 4.78 is 1.39. The summed E-state index contributed by atoms with van der Waals surface area (Å²) in [6, 6.07) is 13.2. The number of hydrogen-bond donors (Lipinski definition) is 3. The van der Waals surface area contributed by atoms with E-state index >= 15 is 0 Å². The van der Waals surface area contributed by atoms with Crippen molar-refractivity contribution in [1.29, 1.82) is 0 Å². The molecule has 0 aliphatic heterocycles. The Morgan fingerprint density at radius 1 is 1.17 bits per heavy atom. The maximum atomic E-state index is 13.5. The van der Waals surface area contributed by atoms with Gasteiger partial charge in [0.1, 0.15) is 11.4 Å². The minimum Gasteiger partial charge on any atom is -0.465 e. The second-order valence-electron chi connectivity index (χ2n) is 7.13. The SMILES string of the molecule is CC(NC(=O)O)c1nc2cccc(C#CC(C)(C)O)c2c(=O)n1-c1ccccc1. The van der Waals surface area contributed by atoms with Crippen LogP contribution in [-0.4, -0.2) is 31.5 Å². The van der Waals surface area contributed by atoms with Crippen LogP contribution in [0.15, 0.2) is 53.3 Å². The fourth-order valence-corrected chi connectivity index (χ4v) is 2.94. The van der Waals surface area contributed by atoms with Crippen LogP contribution in [0.4, 0.5) is 4.79 Å². The van der Waals surface area contributed by atoms with E-state index in [1.54, 1.807) is 63.2 Å². The van der Waals surface area contributed by atoms with Crippen LogP contribution in [0, 0.1) is 11.8 Å². The molecule has 0 saturated carbocycles. The van der Waals surface area contributed by atoms with Crippen molar-refractivity contribution in [3.63, 3.8) is 0 Å². The van der Waals surface area contributed by atoms with Gasteiger partial charge < -0.3 is 15.5 Å². The van der Waals surface area contributed by atoms with E-state index < -0.39 is 17.7 Å². The highest BCUT2D eigenvalue weighted by Crippen LogP contribution is 2.20. The number of fused-ring (bicyclic) bond motifs is 1. The zero-order valence-electron chi connectivity index (χ0n) is 16.3. The van der Waals surface area contributed by atoms with Crippen LogP contribution >= 0.6 is 0 Å². The lowest BCUT2D eigenvalue weighted by atomic mass is 10.1. The van der Waals surface area contributed by atoms with E-state index in [9.17, 15) is 14.7 Å². The highest BCUT2D eigenvalue weighted by molar-refractivity contribution is 5.84. The van der Waals surface area contributed by atoms with Gasteiger partial charge in [0, 0.05) is 5.56 Å². The van der Waals surface area contributed by atoms with E-state index in [4.69, 9.17) is 5.11 Å². The molecule has 7 heteroatoms. The van der Waals surface area contributed by atoms with Crippen LogP contribution in [-0.2, 0) is 0 Å². The molecule has 1 unspecified atom stereocenters. The largest absolute Gasteiger partial charge is 0.465 e. The highest BCUT2D eigenvalue weighted by Gasteiger charge is 2.20. The molecule has 0 fully saturated rings. The molecule has 29 heavy (non-hydrogen) atoms. The Kier molecular flexibility index (Phi) is 5.39. The van der Waals surface area contributed by atoms with Gasteiger partial charge in [-0.25, -0.2) is 9.78 Å². The number of hydrogen-bond acceptors (Lipinski definition) is 4. The van der Waals surface area contributed by atoms with Crippen molar-refractivity contribution >= 4 is 17.0 Å². The minimum absolute atomic E-state index is 0.267. The summed E-state index contributed by atoms with van der Waals surface area (Å²) in [5.74, 6) is 5.85. The van der Waals surface area contributed by atoms with Gasteiger partial charge in [-0.1, -0.05) is 36.1 Å². The Balaban J connectivity index is 2.36. The zero-order chi connectivity index (χ0) is 21.2. The number of aliphatic hydroxyl groups is 1. The third-order valence-electron chi connectivity index (χ3n) is 4.17. The fraction of sp³-hybridized carbons (Fsp3) is 0.227. The number of aromatic nitrogens is 2. The quantitative estimate of drug-likeness (QED) is 0.596. The first-order valence-electron chi connectivity index (χ1n) is 9.03. The number of para-hydroxylation sites is 1. The molecule has 1 atom stereocenters. The van der Waals surface area contributed by atoms with Crippen LogP contribution in [0.2, 0.25) is 0 Å². The predicted molar refractivity (Wildman–Crippen MR) is 110 cm³/mol. The first-order valence-corrected chi connectivity index (χ1v) is 9.03. The van der Waals surface area contributed by atoms with E-state index in [1.165, 1.54) is 4.57 Å². The van der Waals surface area contributed by atoms with E-state index in [2.05, 4.69) is 22.1 Å². The standard InChI is InChI=1S/C22H21N3O4/c1-14(23-21(27)28)19-24-17-11-7-8-15(12-13-22(2,3)29)18(17)20(26)25(19)16-9-5-4-6-10-16/h4-11,14,23,29H,1-3H3,(H,27,28). The van der Waals surface area contributed by atoms with Crippen molar-refractivity contribution in [3.8, 4) is 17.5 Å². The fourth-order valence-electron chi connectivity index (χ4n) is 2.94. The van der Waals surface area contributed by atoms with E-state index in [1.807, 2.05) is 6.07 Å². The van der Waals surface area contributed by atoms with Crippen LogP contribution in [0.1, 0.15) is 38.2 Å². The monoisotopic (exact) mass is 391 g/mol. The number of nitrogens with one attached hydrogen (secondary N) is 1. The van der Waals surface area contributed by atoms with Crippen molar-refractivity contribution in [2.75, 3.05) is 0 Å². The summed E-state index contributed by atoms with van der Waals surface area (Å²) in [5, 5.41) is 21.7. The van der Waals surface area contributed by atoms with Crippen LogP contribution in [0.25, 0.3) is 16.6 Å². The van der Waals surface area contributed by atoms with Crippen molar-refractivity contribution in [2.24, 2.45) is 0 Å². The molecule has 0 spiro atoms. The Labute approximate surface area is 167 Å². The minimum atomic E-state index is -1.21. The molecular formula is C22H21N3O4. The van der Waals surface area contributed by atoms with Gasteiger partial charge in [0.15, 0.2) is 0 Å². The van der Waals surface area contributed by atoms with Gasteiger partial charge in [0.25, 0.3) is 5.56 Å². The lowest BCUT2D eigenvalue weighted by Crippen LogP contribution is -2.32. The number of carboxylic acid groups (broad SMARTS) is 1. The maximum Gasteiger partial charge on any atom is 0.405 e. The van der Waals surface area contributed by atoms with Gasteiger partial charge in [-0.2, -0.15) is 0 Å². The molecule has 1 heterocycles. The average molecular weight is 391 g/mol. The van der Waals surface area contributed by atoms with Gasteiger partial charge in [-0.3, -0.25) is 9.36 Å². The second kappa shape index (κ2) is 7.78. The summed E-state index contributed by atoms with van der Waals surface area (Å²) in [6.45, 7) is 4.74. The Morgan fingerprint density at radius 2 is 1.86 bits per heavy atom. The summed E-state index contributed by atoms with van der Waals surface area (Å²) in [4.78, 5) is 29.2. The van der Waals surface area contributed by atoms with E-state index in [0.717, 1.165) is 0 Å². The summed E-state index contributed by atoms with van der Waals surface area (Å²) >= 11 is 0. The normalized spacial score (nSPS) is 12.1. The number of rotatable bonds is 3. The predicted octanol–water partition coefficient (Wildman–Crippen LogP) is 2.84. The zero-order valence-corrected chi connectivity index (χ0v) is 16.3. The van der Waals surface area contributed by atoms with Gasteiger partial charge in [0.2, 0.25) is 0 Å². The molecule has 3 aromatic rings. The lowest BCUT2D eigenvalue weighted by molar-refractivity contribution is 0.143. The van der Waals surface area contributed by atoms with Gasteiger partial charge in [0.05, 0.1) is 22.6 Å². The van der Waals surface area contributed by atoms with Crippen LogP contribution in [0.5, 0.6) is 0 Å². The molecule has 0 radical (unpaired) electrons. The van der Waals surface area contributed by atoms with E-state index in [-0.39, 0.29) is 11.4 Å². The molecule has 0 saturated heterocycles. The van der Waals surface area contributed by atoms with Crippen LogP contribution < -0.4 is 10.9 Å². The lowest BCUT2D eigenvalue weighted by Gasteiger charge is -2.19. The highest BCUT2D eigenvalue weighted by atomic mass is 16.4. The van der Waals surface area contributed by atoms with Crippen molar-refractivity contribution in [2.45, 2.75) is 32.4 Å². The van der Waals surface area contributed by atoms with E-state index in [0.29, 0.717) is 22.2 Å². The van der Waals surface area contributed by atoms with Gasteiger partial charge in [-0.05, 0) is 45.0 Å². The summed E-state index contributed by atoms with van der Waals surface area (Å²) in [5.41, 5.74) is -0.175. The molecule has 3 N–H and O–H groups in total. The van der Waals surface area contributed by atoms with Crippen LogP contribution in [0.3, 0.4) is 0 Å². The van der Waals surface area contributed by atoms with Gasteiger partial charge >= 0.3 is 6.09 Å². The first-order chi connectivity index (χ1) is 13.7. The maximum absolute atomic E-state index is 13.5. The smallest absolute Gasteiger partial charge is 0.405 e. The molecule has 0 aliphatic carbocycles. The van der Waals surface area contributed by atoms with Crippen molar-refractivity contribution < 1.29 is 15.0 Å². The van der Waals surface area contributed by atoms with Crippen molar-refractivity contribution in [1.82, 2.24) is 14.9 Å². The number of amides is 1. The molecule has 3 rings (SSSR count). The summed E-state index contributed by atoms with van der Waals surface area (Å²) in [7, 11) is 0. The molecule has 0 aliphatic rings. The van der Waals surface area contributed by atoms with Gasteiger partial charge in [-0.15, -0.1) is 0 Å².